The second kappa shape index (κ2) is 9.11. The van der Waals surface area contributed by atoms with Gasteiger partial charge in [-0.1, -0.05) is 0 Å². The van der Waals surface area contributed by atoms with Gasteiger partial charge < -0.3 is 20.5 Å². The summed E-state index contributed by atoms with van der Waals surface area (Å²) in [5, 5.41) is 14.1. The van der Waals surface area contributed by atoms with Crippen molar-refractivity contribution in [2.45, 2.75) is 32.0 Å². The standard InChI is InChI=1S/C10H20N2O4/c1-11-8(13)4-3-5-9(14)12-7-6-10(15)16-2/h10,15H,3-7H2,1-2H3,(H,11,13)(H,12,14). The van der Waals surface area contributed by atoms with Crippen molar-refractivity contribution in [3.8, 4) is 0 Å². The quantitative estimate of drug-likeness (QED) is 0.486. The Morgan fingerprint density at radius 1 is 1.31 bits per heavy atom. The summed E-state index contributed by atoms with van der Waals surface area (Å²) < 4.78 is 4.61. The Morgan fingerprint density at radius 2 is 1.94 bits per heavy atom. The third-order valence-corrected chi connectivity index (χ3v) is 2.07. The molecular formula is C10H20N2O4. The van der Waals surface area contributed by atoms with Crippen LogP contribution in [0.3, 0.4) is 0 Å². The number of ether oxygens (including phenoxy) is 1. The van der Waals surface area contributed by atoms with Crippen molar-refractivity contribution in [1.29, 1.82) is 0 Å². The highest BCUT2D eigenvalue weighted by atomic mass is 16.6. The summed E-state index contributed by atoms with van der Waals surface area (Å²) in [5.74, 6) is -0.185. The average molecular weight is 232 g/mol. The van der Waals surface area contributed by atoms with Gasteiger partial charge in [0.25, 0.3) is 0 Å². The predicted octanol–water partition coefficient (Wildman–Crippen LogP) is -0.626. The summed E-state index contributed by atoms with van der Waals surface area (Å²) in [7, 11) is 2.96. The van der Waals surface area contributed by atoms with E-state index in [1.165, 1.54) is 7.11 Å². The lowest BCUT2D eigenvalue weighted by molar-refractivity contribution is -0.122. The number of aliphatic hydroxyl groups is 1. The summed E-state index contributed by atoms with van der Waals surface area (Å²) in [5.41, 5.74) is 0. The zero-order valence-electron chi connectivity index (χ0n) is 9.78. The molecule has 0 fully saturated rings. The van der Waals surface area contributed by atoms with Crippen LogP contribution in [-0.4, -0.2) is 43.9 Å². The van der Waals surface area contributed by atoms with Gasteiger partial charge in [0.15, 0.2) is 6.29 Å². The van der Waals surface area contributed by atoms with Crippen LogP contribution in [0.1, 0.15) is 25.7 Å². The molecule has 0 aliphatic carbocycles. The van der Waals surface area contributed by atoms with E-state index >= 15 is 0 Å². The molecule has 0 aromatic rings. The number of aliphatic hydroxyl groups excluding tert-OH is 1. The monoisotopic (exact) mass is 232 g/mol. The van der Waals surface area contributed by atoms with Gasteiger partial charge in [-0.05, 0) is 6.42 Å². The van der Waals surface area contributed by atoms with Crippen molar-refractivity contribution < 1.29 is 19.4 Å². The van der Waals surface area contributed by atoms with Crippen LogP contribution in [0, 0.1) is 0 Å². The Bertz CT molecular complexity index is 221. The van der Waals surface area contributed by atoms with Gasteiger partial charge in [-0.2, -0.15) is 0 Å². The van der Waals surface area contributed by atoms with Crippen LogP contribution in [0.15, 0.2) is 0 Å². The number of amides is 2. The summed E-state index contributed by atoms with van der Waals surface area (Å²) in [6, 6.07) is 0. The molecule has 2 amide bonds. The number of carbonyl (C=O) groups is 2. The van der Waals surface area contributed by atoms with Crippen molar-refractivity contribution in [2.75, 3.05) is 20.7 Å². The Morgan fingerprint density at radius 3 is 2.50 bits per heavy atom. The van der Waals surface area contributed by atoms with Crippen LogP contribution in [-0.2, 0) is 14.3 Å². The highest BCUT2D eigenvalue weighted by Crippen LogP contribution is 1.95. The molecule has 0 aliphatic rings. The molecule has 0 saturated heterocycles. The highest BCUT2D eigenvalue weighted by Gasteiger charge is 2.05. The van der Waals surface area contributed by atoms with Crippen LogP contribution in [0.2, 0.25) is 0 Å². The zero-order valence-corrected chi connectivity index (χ0v) is 9.78. The van der Waals surface area contributed by atoms with Crippen LogP contribution in [0.25, 0.3) is 0 Å². The lowest BCUT2D eigenvalue weighted by Gasteiger charge is -2.09. The van der Waals surface area contributed by atoms with E-state index in [4.69, 9.17) is 5.11 Å². The first-order valence-electron chi connectivity index (χ1n) is 5.28. The predicted molar refractivity (Wildman–Crippen MR) is 58.6 cm³/mol. The maximum atomic E-state index is 11.2. The number of hydrogen-bond donors (Lipinski definition) is 3. The van der Waals surface area contributed by atoms with Gasteiger partial charge >= 0.3 is 0 Å². The number of methoxy groups -OCH3 is 1. The van der Waals surface area contributed by atoms with Crippen molar-refractivity contribution in [2.24, 2.45) is 0 Å². The first-order valence-corrected chi connectivity index (χ1v) is 5.28. The molecular weight excluding hydrogens is 212 g/mol. The molecule has 0 aliphatic heterocycles. The minimum absolute atomic E-state index is 0.0670. The van der Waals surface area contributed by atoms with Gasteiger partial charge in [-0.25, -0.2) is 0 Å². The van der Waals surface area contributed by atoms with Crippen molar-refractivity contribution in [3.63, 3.8) is 0 Å². The Kier molecular flexibility index (Phi) is 8.46. The molecule has 6 heteroatoms. The van der Waals surface area contributed by atoms with E-state index in [1.54, 1.807) is 7.05 Å². The van der Waals surface area contributed by atoms with E-state index in [0.717, 1.165) is 0 Å². The molecule has 0 spiro atoms. The molecule has 16 heavy (non-hydrogen) atoms. The van der Waals surface area contributed by atoms with Crippen LogP contribution >= 0.6 is 0 Å². The first kappa shape index (κ1) is 14.9. The smallest absolute Gasteiger partial charge is 0.220 e. The molecule has 0 aromatic carbocycles. The van der Waals surface area contributed by atoms with E-state index in [2.05, 4.69) is 15.4 Å². The zero-order chi connectivity index (χ0) is 12.4. The van der Waals surface area contributed by atoms with Crippen molar-refractivity contribution >= 4 is 11.8 Å². The maximum Gasteiger partial charge on any atom is 0.220 e. The number of carbonyl (C=O) groups excluding carboxylic acids is 2. The highest BCUT2D eigenvalue weighted by molar-refractivity contribution is 5.78. The maximum absolute atomic E-state index is 11.2. The third-order valence-electron chi connectivity index (χ3n) is 2.07. The molecule has 6 nitrogen and oxygen atoms in total. The van der Waals surface area contributed by atoms with Gasteiger partial charge in [0.1, 0.15) is 0 Å². The van der Waals surface area contributed by atoms with Crippen molar-refractivity contribution in [1.82, 2.24) is 10.6 Å². The molecule has 0 bridgehead atoms. The van der Waals surface area contributed by atoms with Gasteiger partial charge in [0.05, 0.1) is 0 Å². The Balaban J connectivity index is 3.41. The molecule has 94 valence electrons. The van der Waals surface area contributed by atoms with Gasteiger partial charge in [-0.3, -0.25) is 9.59 Å². The normalized spacial score (nSPS) is 11.9. The fourth-order valence-electron chi connectivity index (χ4n) is 1.08. The fourth-order valence-corrected chi connectivity index (χ4v) is 1.08. The minimum Gasteiger partial charge on any atom is -0.368 e. The summed E-state index contributed by atoms with van der Waals surface area (Å²) >= 11 is 0. The molecule has 0 rings (SSSR count). The van der Waals surface area contributed by atoms with Crippen LogP contribution < -0.4 is 10.6 Å². The largest absolute Gasteiger partial charge is 0.368 e. The van der Waals surface area contributed by atoms with E-state index in [0.29, 0.717) is 32.2 Å². The molecule has 0 heterocycles. The van der Waals surface area contributed by atoms with Gasteiger partial charge in [0, 0.05) is 40.0 Å². The topological polar surface area (TPSA) is 87.7 Å². The number of nitrogens with one attached hydrogen (secondary N) is 2. The molecule has 3 N–H and O–H groups in total. The third kappa shape index (κ3) is 8.19. The lowest BCUT2D eigenvalue weighted by Crippen LogP contribution is -2.27. The summed E-state index contributed by atoms with van der Waals surface area (Å²) in [6.45, 7) is 0.369. The van der Waals surface area contributed by atoms with E-state index < -0.39 is 6.29 Å². The van der Waals surface area contributed by atoms with Gasteiger partial charge in [-0.15, -0.1) is 0 Å². The van der Waals surface area contributed by atoms with E-state index in [9.17, 15) is 9.59 Å². The van der Waals surface area contributed by atoms with Crippen LogP contribution in [0.5, 0.6) is 0 Å². The van der Waals surface area contributed by atoms with E-state index in [1.807, 2.05) is 0 Å². The SMILES string of the molecule is CNC(=O)CCCC(=O)NCCC(O)OC. The average Bonchev–Trinajstić information content (AvgIpc) is 2.28. The number of rotatable bonds is 8. The molecule has 0 radical (unpaired) electrons. The Labute approximate surface area is 95.4 Å². The number of hydrogen-bond acceptors (Lipinski definition) is 4. The Hall–Kier alpha value is -1.14. The fraction of sp³-hybridized carbons (Fsp3) is 0.800. The second-order valence-corrected chi connectivity index (χ2v) is 3.36. The molecule has 0 saturated carbocycles. The minimum atomic E-state index is -0.842. The molecule has 1 unspecified atom stereocenters. The molecule has 0 aromatic heterocycles. The summed E-state index contributed by atoms with van der Waals surface area (Å²) in [6.07, 6.45) is 0.711. The van der Waals surface area contributed by atoms with Gasteiger partial charge in [0.2, 0.25) is 11.8 Å². The lowest BCUT2D eigenvalue weighted by atomic mass is 10.2. The summed E-state index contributed by atoms with van der Waals surface area (Å²) in [4.78, 5) is 22.1. The first-order chi connectivity index (χ1) is 7.60. The van der Waals surface area contributed by atoms with Crippen LogP contribution in [0.4, 0.5) is 0 Å². The van der Waals surface area contributed by atoms with E-state index in [-0.39, 0.29) is 11.8 Å². The second-order valence-electron chi connectivity index (χ2n) is 3.36. The molecule has 1 atom stereocenters. The van der Waals surface area contributed by atoms with Crippen molar-refractivity contribution in [3.05, 3.63) is 0 Å².